The maximum atomic E-state index is 12.9. The van der Waals surface area contributed by atoms with Crippen LogP contribution in [0, 0.1) is 6.92 Å². The van der Waals surface area contributed by atoms with Crippen LogP contribution in [-0.4, -0.2) is 36.5 Å². The van der Waals surface area contributed by atoms with Gasteiger partial charge in [0.25, 0.3) is 0 Å². The summed E-state index contributed by atoms with van der Waals surface area (Å²) in [4.78, 5) is 1.70. The molecule has 0 atom stereocenters. The molecule has 0 bridgehead atoms. The second kappa shape index (κ2) is 9.43. The molecular weight excluding hydrogens is 416 g/mol. The molecule has 2 aromatic carbocycles. The SMILES string of the molecule is Cc1cc(N(CCO)CCO)ccc1N=Nc1cc(C(F)(F)F)cc(C(F)(F)F)c1. The minimum absolute atomic E-state index is 0.0238. The van der Waals surface area contributed by atoms with Crippen LogP contribution in [0.15, 0.2) is 46.6 Å². The predicted molar refractivity (Wildman–Crippen MR) is 98.2 cm³/mol. The van der Waals surface area contributed by atoms with Crippen molar-refractivity contribution in [3.63, 3.8) is 0 Å². The Morgan fingerprint density at radius 3 is 1.77 bits per heavy atom. The Balaban J connectivity index is 2.37. The summed E-state index contributed by atoms with van der Waals surface area (Å²) in [6.45, 7) is 1.90. The second-order valence-electron chi connectivity index (χ2n) is 6.37. The van der Waals surface area contributed by atoms with E-state index in [1.807, 2.05) is 0 Å². The van der Waals surface area contributed by atoms with Gasteiger partial charge in [0.15, 0.2) is 0 Å². The number of aliphatic hydroxyl groups is 2. The maximum Gasteiger partial charge on any atom is 0.416 e. The number of benzene rings is 2. The van der Waals surface area contributed by atoms with Crippen molar-refractivity contribution in [3.05, 3.63) is 53.1 Å². The molecule has 0 heterocycles. The summed E-state index contributed by atoms with van der Waals surface area (Å²) >= 11 is 0. The highest BCUT2D eigenvalue weighted by atomic mass is 19.4. The van der Waals surface area contributed by atoms with E-state index in [1.165, 1.54) is 6.07 Å². The van der Waals surface area contributed by atoms with Crippen LogP contribution in [0.25, 0.3) is 0 Å². The zero-order chi connectivity index (χ0) is 22.5. The number of anilines is 1. The van der Waals surface area contributed by atoms with Crippen molar-refractivity contribution < 1.29 is 36.6 Å². The highest BCUT2D eigenvalue weighted by molar-refractivity contribution is 5.58. The van der Waals surface area contributed by atoms with Gasteiger partial charge in [0.05, 0.1) is 35.7 Å². The quantitative estimate of drug-likeness (QED) is 0.462. The fourth-order valence-electron chi connectivity index (χ4n) is 2.67. The minimum atomic E-state index is -4.97. The maximum absolute atomic E-state index is 12.9. The normalized spacial score (nSPS) is 12.6. The lowest BCUT2D eigenvalue weighted by molar-refractivity contribution is -0.143. The van der Waals surface area contributed by atoms with Crippen molar-refractivity contribution in [1.82, 2.24) is 0 Å². The number of azo groups is 1. The van der Waals surface area contributed by atoms with Crippen molar-refractivity contribution in [2.24, 2.45) is 10.2 Å². The lowest BCUT2D eigenvalue weighted by atomic mass is 10.1. The highest BCUT2D eigenvalue weighted by Gasteiger charge is 2.37. The summed E-state index contributed by atoms with van der Waals surface area (Å²) in [5.74, 6) is 0. The van der Waals surface area contributed by atoms with E-state index in [0.29, 0.717) is 23.4 Å². The molecule has 0 radical (unpaired) electrons. The van der Waals surface area contributed by atoms with E-state index >= 15 is 0 Å². The zero-order valence-electron chi connectivity index (χ0n) is 15.8. The molecule has 0 spiro atoms. The molecule has 2 rings (SSSR count). The van der Waals surface area contributed by atoms with Gasteiger partial charge in [-0.1, -0.05) is 0 Å². The summed E-state index contributed by atoms with van der Waals surface area (Å²) in [7, 11) is 0. The number of alkyl halides is 6. The Morgan fingerprint density at radius 1 is 0.800 bits per heavy atom. The number of nitrogens with zero attached hydrogens (tertiary/aromatic N) is 3. The molecule has 0 aliphatic carbocycles. The van der Waals surface area contributed by atoms with Gasteiger partial charge >= 0.3 is 12.4 Å². The molecule has 164 valence electrons. The first-order valence-corrected chi connectivity index (χ1v) is 8.74. The van der Waals surface area contributed by atoms with Gasteiger partial charge in [-0.2, -0.15) is 36.6 Å². The van der Waals surface area contributed by atoms with Crippen LogP contribution in [0.2, 0.25) is 0 Å². The van der Waals surface area contributed by atoms with Crippen LogP contribution >= 0.6 is 0 Å². The average molecular weight is 435 g/mol. The van der Waals surface area contributed by atoms with Crippen LogP contribution in [0.3, 0.4) is 0 Å². The first-order valence-electron chi connectivity index (χ1n) is 8.74. The number of halogens is 6. The average Bonchev–Trinajstić information content (AvgIpc) is 2.65. The summed E-state index contributed by atoms with van der Waals surface area (Å²) < 4.78 is 77.6. The zero-order valence-corrected chi connectivity index (χ0v) is 15.8. The predicted octanol–water partition coefficient (Wildman–Crippen LogP) is 5.24. The number of aliphatic hydroxyl groups excluding tert-OH is 2. The van der Waals surface area contributed by atoms with Gasteiger partial charge in [-0.25, -0.2) is 0 Å². The Morgan fingerprint density at radius 2 is 1.33 bits per heavy atom. The second-order valence-corrected chi connectivity index (χ2v) is 6.37. The Hall–Kier alpha value is -2.66. The fourth-order valence-corrected chi connectivity index (χ4v) is 2.67. The van der Waals surface area contributed by atoms with Gasteiger partial charge in [-0.15, -0.1) is 0 Å². The molecule has 11 heteroatoms. The minimum Gasteiger partial charge on any atom is -0.395 e. The van der Waals surface area contributed by atoms with Crippen LogP contribution in [0.5, 0.6) is 0 Å². The van der Waals surface area contributed by atoms with E-state index < -0.39 is 29.2 Å². The van der Waals surface area contributed by atoms with Gasteiger partial charge in [0.1, 0.15) is 0 Å². The van der Waals surface area contributed by atoms with Crippen molar-refractivity contribution in [2.75, 3.05) is 31.2 Å². The van der Waals surface area contributed by atoms with E-state index in [2.05, 4.69) is 10.2 Å². The molecule has 2 aromatic rings. The van der Waals surface area contributed by atoms with Gasteiger partial charge in [0, 0.05) is 18.8 Å². The topological polar surface area (TPSA) is 68.4 Å². The molecule has 0 saturated carbocycles. The monoisotopic (exact) mass is 435 g/mol. The molecule has 0 aliphatic heterocycles. The summed E-state index contributed by atoms with van der Waals surface area (Å²) in [5.41, 5.74) is -2.06. The summed E-state index contributed by atoms with van der Waals surface area (Å²) in [6.07, 6.45) is -9.93. The molecule has 30 heavy (non-hydrogen) atoms. The molecule has 0 aromatic heterocycles. The first kappa shape index (κ1) is 23.6. The largest absolute Gasteiger partial charge is 0.416 e. The third-order valence-electron chi connectivity index (χ3n) is 4.13. The highest BCUT2D eigenvalue weighted by Crippen LogP contribution is 2.38. The lowest BCUT2D eigenvalue weighted by Gasteiger charge is -2.23. The molecule has 0 unspecified atom stereocenters. The number of hydrogen-bond acceptors (Lipinski definition) is 5. The van der Waals surface area contributed by atoms with Crippen molar-refractivity contribution in [3.8, 4) is 0 Å². The standard InChI is InChI=1S/C19H19F6N3O2/c1-12-8-16(28(4-6-29)5-7-30)2-3-17(12)27-26-15-10-13(18(20,21)22)9-14(11-15)19(23,24)25/h2-3,8-11,29-30H,4-7H2,1H3. The van der Waals surface area contributed by atoms with Gasteiger partial charge in [-0.3, -0.25) is 0 Å². The molecule has 0 fully saturated rings. The molecule has 5 nitrogen and oxygen atoms in total. The van der Waals surface area contributed by atoms with Gasteiger partial charge < -0.3 is 15.1 Å². The lowest BCUT2D eigenvalue weighted by Crippen LogP contribution is -2.29. The summed E-state index contributed by atoms with van der Waals surface area (Å²) in [6, 6.07) is 5.76. The van der Waals surface area contributed by atoms with E-state index in [0.717, 1.165) is 0 Å². The van der Waals surface area contributed by atoms with Crippen molar-refractivity contribution in [1.29, 1.82) is 0 Å². The Bertz CT molecular complexity index is 859. The third kappa shape index (κ3) is 6.17. The first-order chi connectivity index (χ1) is 14.0. The van der Waals surface area contributed by atoms with E-state index in [-0.39, 0.29) is 38.1 Å². The van der Waals surface area contributed by atoms with Crippen LogP contribution in [-0.2, 0) is 12.4 Å². The Kier molecular flexibility index (Phi) is 7.43. The van der Waals surface area contributed by atoms with Crippen molar-refractivity contribution in [2.45, 2.75) is 19.3 Å². The smallest absolute Gasteiger partial charge is 0.395 e. The number of hydrogen-bond donors (Lipinski definition) is 2. The van der Waals surface area contributed by atoms with E-state index in [9.17, 15) is 26.3 Å². The number of rotatable bonds is 7. The van der Waals surface area contributed by atoms with Gasteiger partial charge in [-0.05, 0) is 48.9 Å². The van der Waals surface area contributed by atoms with E-state index in [1.54, 1.807) is 24.0 Å². The van der Waals surface area contributed by atoms with Crippen LogP contribution in [0.1, 0.15) is 16.7 Å². The summed E-state index contributed by atoms with van der Waals surface area (Å²) in [5, 5.41) is 25.6. The van der Waals surface area contributed by atoms with Crippen LogP contribution < -0.4 is 4.90 Å². The number of aryl methyl sites for hydroxylation is 1. The molecule has 0 aliphatic rings. The molecule has 0 saturated heterocycles. The molecular formula is C19H19F6N3O2. The van der Waals surface area contributed by atoms with Crippen LogP contribution in [0.4, 0.5) is 43.4 Å². The molecule has 0 amide bonds. The van der Waals surface area contributed by atoms with Gasteiger partial charge in [0.2, 0.25) is 0 Å². The van der Waals surface area contributed by atoms with E-state index in [4.69, 9.17) is 10.2 Å². The third-order valence-corrected chi connectivity index (χ3v) is 4.13. The Labute approximate surface area is 168 Å². The van der Waals surface area contributed by atoms with Crippen molar-refractivity contribution >= 4 is 17.1 Å². The molecule has 2 N–H and O–H groups in total. The fraction of sp³-hybridized carbons (Fsp3) is 0.368.